The molecule has 4 aromatic rings. The van der Waals surface area contributed by atoms with Crippen LogP contribution in [0.25, 0.3) is 33.3 Å². The van der Waals surface area contributed by atoms with Crippen LogP contribution < -0.4 is 4.74 Å². The largest absolute Gasteiger partial charge is 0.507 e. The lowest BCUT2D eigenvalue weighted by Gasteiger charge is -2.15. The molecule has 0 aliphatic heterocycles. The number of methoxy groups -OCH3 is 1. The average molecular weight is 422 g/mol. The second kappa shape index (κ2) is 7.69. The summed E-state index contributed by atoms with van der Waals surface area (Å²) in [4.78, 5) is 0. The number of phenols is 1. The Hall–Kier alpha value is -2.99. The normalized spacial score (nSPS) is 11.5. The molecule has 0 unspecified atom stereocenters. The van der Waals surface area contributed by atoms with Crippen molar-refractivity contribution in [2.75, 3.05) is 7.11 Å². The number of aromatic nitrogens is 3. The lowest BCUT2D eigenvalue weighted by Crippen LogP contribution is -2.00. The maximum absolute atomic E-state index is 10.7. The molecule has 3 N–H and O–H groups in total. The van der Waals surface area contributed by atoms with Crippen molar-refractivity contribution in [3.8, 4) is 33.9 Å². The number of ether oxygens (including phenoxy) is 1. The van der Waals surface area contributed by atoms with Crippen LogP contribution in [-0.4, -0.2) is 27.0 Å². The first-order chi connectivity index (χ1) is 14.4. The number of nitrogens with zero attached hydrogens (tertiary/aromatic N) is 1. The molecular weight excluding hydrogens is 394 g/mol. The molecule has 6 heteroatoms. The van der Waals surface area contributed by atoms with Crippen molar-refractivity contribution < 1.29 is 9.84 Å². The highest BCUT2D eigenvalue weighted by Gasteiger charge is 2.21. The summed E-state index contributed by atoms with van der Waals surface area (Å²) in [5.74, 6) is 1.06. The van der Waals surface area contributed by atoms with E-state index >= 15 is 0 Å². The zero-order valence-electron chi connectivity index (χ0n) is 18.0. The first-order valence-corrected chi connectivity index (χ1v) is 10.6. The zero-order valence-corrected chi connectivity index (χ0v) is 18.8. The minimum absolute atomic E-state index is 0.237. The van der Waals surface area contributed by atoms with Gasteiger partial charge in [-0.3, -0.25) is 10.2 Å². The van der Waals surface area contributed by atoms with E-state index in [1.807, 2.05) is 31.2 Å². The second-order valence-corrected chi connectivity index (χ2v) is 8.28. The molecule has 0 radical (unpaired) electrons. The quantitative estimate of drug-likeness (QED) is 0.321. The van der Waals surface area contributed by atoms with Crippen molar-refractivity contribution >= 4 is 23.1 Å². The Morgan fingerprint density at radius 1 is 1.13 bits per heavy atom. The van der Waals surface area contributed by atoms with E-state index in [4.69, 9.17) is 17.0 Å². The third-order valence-electron chi connectivity index (χ3n) is 5.77. The third-order valence-corrected chi connectivity index (χ3v) is 6.07. The molecule has 2 aromatic heterocycles. The summed E-state index contributed by atoms with van der Waals surface area (Å²) in [5, 5.41) is 18.1. The molecule has 5 nitrogen and oxygen atoms in total. The van der Waals surface area contributed by atoms with Gasteiger partial charge in [0.15, 0.2) is 0 Å². The highest BCUT2D eigenvalue weighted by molar-refractivity contribution is 7.71. The Balaban J connectivity index is 2.03. The van der Waals surface area contributed by atoms with Gasteiger partial charge in [-0.05, 0) is 74.2 Å². The standard InChI is InChI=1S/C24H27N3O2S/c1-6-15-12-18(19(28)11-14(15)4)22-21(24(30)26-25-22)16-7-8-20(29-5)23-17(16)9-10-27(23)13(2)3/h7-13,28H,6H2,1-5H3,(H2,25,26,30). The second-order valence-electron chi connectivity index (χ2n) is 7.87. The van der Waals surface area contributed by atoms with Gasteiger partial charge in [0.2, 0.25) is 0 Å². The number of aromatic hydroxyl groups is 1. The molecule has 2 heterocycles. The lowest BCUT2D eigenvalue weighted by atomic mass is 9.95. The van der Waals surface area contributed by atoms with E-state index in [2.05, 4.69) is 47.8 Å². The lowest BCUT2D eigenvalue weighted by molar-refractivity contribution is 0.416. The van der Waals surface area contributed by atoms with E-state index in [1.54, 1.807) is 7.11 Å². The average Bonchev–Trinajstić information content (AvgIpc) is 3.32. The van der Waals surface area contributed by atoms with E-state index in [0.29, 0.717) is 10.7 Å². The molecule has 0 aliphatic rings. The zero-order chi connectivity index (χ0) is 21.6. The molecule has 2 aromatic carbocycles. The van der Waals surface area contributed by atoms with Gasteiger partial charge in [0.05, 0.1) is 18.3 Å². The molecule has 0 saturated heterocycles. The van der Waals surface area contributed by atoms with Crippen LogP contribution in [0.4, 0.5) is 0 Å². The minimum Gasteiger partial charge on any atom is -0.507 e. The van der Waals surface area contributed by atoms with Gasteiger partial charge < -0.3 is 14.4 Å². The predicted molar refractivity (Wildman–Crippen MR) is 125 cm³/mol. The Kier molecular flexibility index (Phi) is 5.20. The van der Waals surface area contributed by atoms with E-state index in [9.17, 15) is 5.11 Å². The van der Waals surface area contributed by atoms with Crippen molar-refractivity contribution in [1.82, 2.24) is 14.8 Å². The summed E-state index contributed by atoms with van der Waals surface area (Å²) < 4.78 is 8.46. The molecule has 0 fully saturated rings. The first-order valence-electron chi connectivity index (χ1n) is 10.2. The highest BCUT2D eigenvalue weighted by atomic mass is 32.1. The van der Waals surface area contributed by atoms with Gasteiger partial charge in [0.1, 0.15) is 16.1 Å². The fourth-order valence-electron chi connectivity index (χ4n) is 4.20. The first kappa shape index (κ1) is 20.3. The molecule has 0 bridgehead atoms. The fraction of sp³-hybridized carbons (Fsp3) is 0.292. The van der Waals surface area contributed by atoms with Crippen LogP contribution in [0.2, 0.25) is 0 Å². The predicted octanol–water partition coefficient (Wildman–Crippen LogP) is 6.53. The van der Waals surface area contributed by atoms with Crippen LogP contribution in [0.15, 0.2) is 36.5 Å². The Morgan fingerprint density at radius 3 is 2.57 bits per heavy atom. The fourth-order valence-corrected chi connectivity index (χ4v) is 4.46. The Morgan fingerprint density at radius 2 is 1.90 bits per heavy atom. The number of hydrogen-bond acceptors (Lipinski definition) is 3. The molecule has 0 aliphatic carbocycles. The van der Waals surface area contributed by atoms with Crippen LogP contribution in [-0.2, 0) is 6.42 Å². The van der Waals surface area contributed by atoms with Gasteiger partial charge in [0, 0.05) is 28.8 Å². The SMILES string of the molecule is CCc1cc(-c2[nH][nH]c(=S)c2-c2ccc(OC)c3c2ccn3C(C)C)c(O)cc1C. The van der Waals surface area contributed by atoms with Crippen molar-refractivity contribution in [2.45, 2.75) is 40.2 Å². The summed E-state index contributed by atoms with van der Waals surface area (Å²) in [6.45, 7) is 8.43. The van der Waals surface area contributed by atoms with E-state index in [1.165, 1.54) is 5.56 Å². The van der Waals surface area contributed by atoms with Gasteiger partial charge >= 0.3 is 0 Å². The van der Waals surface area contributed by atoms with E-state index in [0.717, 1.165) is 51.0 Å². The number of aromatic amines is 2. The van der Waals surface area contributed by atoms with Crippen LogP contribution in [0.3, 0.4) is 0 Å². The third kappa shape index (κ3) is 3.12. The van der Waals surface area contributed by atoms with Gasteiger partial charge in [-0.2, -0.15) is 0 Å². The summed E-state index contributed by atoms with van der Waals surface area (Å²) in [6.07, 6.45) is 2.97. The van der Waals surface area contributed by atoms with Crippen LogP contribution in [0, 0.1) is 11.6 Å². The minimum atomic E-state index is 0.237. The highest BCUT2D eigenvalue weighted by Crippen LogP contribution is 2.42. The maximum Gasteiger partial charge on any atom is 0.143 e. The van der Waals surface area contributed by atoms with Crippen molar-refractivity contribution in [2.24, 2.45) is 0 Å². The molecule has 4 rings (SSSR count). The Labute approximate surface area is 181 Å². The van der Waals surface area contributed by atoms with Crippen molar-refractivity contribution in [3.05, 3.63) is 52.3 Å². The molecule has 0 amide bonds. The van der Waals surface area contributed by atoms with Gasteiger partial charge in [-0.25, -0.2) is 0 Å². The van der Waals surface area contributed by atoms with Gasteiger partial charge in [0.25, 0.3) is 0 Å². The number of phenolic OH excluding ortho intramolecular Hbond substituents is 1. The summed E-state index contributed by atoms with van der Waals surface area (Å²) in [7, 11) is 1.69. The topological polar surface area (TPSA) is 66.0 Å². The van der Waals surface area contributed by atoms with Crippen molar-refractivity contribution in [1.29, 1.82) is 0 Å². The van der Waals surface area contributed by atoms with Gasteiger partial charge in [-0.15, -0.1) is 0 Å². The number of hydrogen-bond donors (Lipinski definition) is 3. The number of benzene rings is 2. The van der Waals surface area contributed by atoms with Crippen LogP contribution in [0.1, 0.15) is 37.9 Å². The van der Waals surface area contributed by atoms with Crippen molar-refractivity contribution in [3.63, 3.8) is 0 Å². The summed E-state index contributed by atoms with van der Waals surface area (Å²) >= 11 is 5.66. The molecule has 0 spiro atoms. The molecule has 30 heavy (non-hydrogen) atoms. The molecule has 0 saturated carbocycles. The Bertz CT molecular complexity index is 1290. The summed E-state index contributed by atoms with van der Waals surface area (Å²) in [5.41, 5.74) is 6.72. The summed E-state index contributed by atoms with van der Waals surface area (Å²) in [6, 6.07) is 10.3. The van der Waals surface area contributed by atoms with E-state index in [-0.39, 0.29) is 5.75 Å². The van der Waals surface area contributed by atoms with Gasteiger partial charge in [-0.1, -0.05) is 19.1 Å². The number of aryl methyl sites for hydroxylation is 2. The maximum atomic E-state index is 10.7. The van der Waals surface area contributed by atoms with Crippen LogP contribution >= 0.6 is 12.2 Å². The number of rotatable bonds is 5. The number of H-pyrrole nitrogens is 2. The monoisotopic (exact) mass is 421 g/mol. The molecule has 156 valence electrons. The van der Waals surface area contributed by atoms with Crippen LogP contribution in [0.5, 0.6) is 11.5 Å². The number of fused-ring (bicyclic) bond motifs is 1. The van der Waals surface area contributed by atoms with E-state index < -0.39 is 0 Å². The smallest absolute Gasteiger partial charge is 0.143 e. The molecule has 0 atom stereocenters. The molecular formula is C24H27N3O2S. The number of nitrogens with one attached hydrogen (secondary N) is 2.